The van der Waals surface area contributed by atoms with Crippen molar-refractivity contribution >= 4 is 16.8 Å². The van der Waals surface area contributed by atoms with Crippen molar-refractivity contribution in [3.63, 3.8) is 0 Å². The van der Waals surface area contributed by atoms with E-state index in [0.29, 0.717) is 25.4 Å². The van der Waals surface area contributed by atoms with Crippen molar-refractivity contribution in [1.82, 2.24) is 10.2 Å². The van der Waals surface area contributed by atoms with E-state index in [0.717, 1.165) is 32.1 Å². The third kappa shape index (κ3) is 4.44. The van der Waals surface area contributed by atoms with Crippen LogP contribution in [-0.2, 0) is 15.5 Å². The number of nitrogens with zero attached hydrogens (tertiary/aromatic N) is 1. The van der Waals surface area contributed by atoms with E-state index in [-0.39, 0.29) is 22.9 Å². The molecule has 1 N–H and O–H groups in total. The molecule has 5 nitrogen and oxygen atoms in total. The van der Waals surface area contributed by atoms with Gasteiger partial charge in [-0.15, -0.1) is 0 Å². The van der Waals surface area contributed by atoms with Crippen LogP contribution in [0, 0.1) is 0 Å². The van der Waals surface area contributed by atoms with Crippen molar-refractivity contribution in [2.75, 3.05) is 25.4 Å². The van der Waals surface area contributed by atoms with Crippen LogP contribution in [0.25, 0.3) is 0 Å². The number of hydrogen-bond acceptors (Lipinski definition) is 3. The summed E-state index contributed by atoms with van der Waals surface area (Å²) in [7, 11) is -0.752. The maximum atomic E-state index is 12.5. The van der Waals surface area contributed by atoms with Gasteiger partial charge >= 0.3 is 6.03 Å². The van der Waals surface area contributed by atoms with Crippen molar-refractivity contribution < 1.29 is 13.7 Å². The predicted octanol–water partition coefficient (Wildman–Crippen LogP) is 2.28. The second-order valence-corrected chi connectivity index (χ2v) is 8.68. The maximum Gasteiger partial charge on any atom is 0.317 e. The number of amides is 2. The van der Waals surface area contributed by atoms with Gasteiger partial charge < -0.3 is 15.0 Å². The number of rotatable bonds is 4. The number of urea groups is 1. The van der Waals surface area contributed by atoms with E-state index in [1.54, 1.807) is 0 Å². The summed E-state index contributed by atoms with van der Waals surface area (Å²) in [6.07, 6.45) is 4.83. The largest absolute Gasteiger partial charge is 0.372 e. The Bertz CT molecular complexity index is 418. The van der Waals surface area contributed by atoms with Gasteiger partial charge in [0.05, 0.1) is 18.8 Å². The van der Waals surface area contributed by atoms with Crippen LogP contribution in [-0.4, -0.2) is 57.5 Å². The van der Waals surface area contributed by atoms with Crippen molar-refractivity contribution in [3.05, 3.63) is 0 Å². The summed E-state index contributed by atoms with van der Waals surface area (Å²) in [4.78, 5) is 14.4. The number of carbonyl (C=O) groups excluding carboxylic acids is 1. The van der Waals surface area contributed by atoms with Gasteiger partial charge in [0.1, 0.15) is 0 Å². The first-order valence-electron chi connectivity index (χ1n) is 8.54. The lowest BCUT2D eigenvalue weighted by molar-refractivity contribution is -0.0875. The fraction of sp³-hybridized carbons (Fsp3) is 0.938. The van der Waals surface area contributed by atoms with Gasteiger partial charge in [-0.1, -0.05) is 20.3 Å². The van der Waals surface area contributed by atoms with Crippen LogP contribution in [0.1, 0.15) is 52.9 Å². The summed E-state index contributed by atoms with van der Waals surface area (Å²) >= 11 is 0. The molecule has 4 atom stereocenters. The fourth-order valence-corrected chi connectivity index (χ4v) is 4.68. The van der Waals surface area contributed by atoms with E-state index in [4.69, 9.17) is 4.74 Å². The number of nitrogens with one attached hydrogen (secondary N) is 1. The molecule has 0 aromatic rings. The molecule has 1 heterocycles. The molecular weight excluding hydrogens is 300 g/mol. The Morgan fingerprint density at radius 1 is 1.41 bits per heavy atom. The second-order valence-electron chi connectivity index (χ2n) is 6.68. The second kappa shape index (κ2) is 7.77. The van der Waals surface area contributed by atoms with Gasteiger partial charge in [-0.2, -0.15) is 0 Å². The number of morpholine rings is 1. The van der Waals surface area contributed by atoms with Gasteiger partial charge in [-0.05, 0) is 32.6 Å². The quantitative estimate of drug-likeness (QED) is 0.860. The molecule has 1 aliphatic heterocycles. The zero-order chi connectivity index (χ0) is 16.2. The first-order valence-corrected chi connectivity index (χ1v) is 9.92. The normalized spacial score (nSPS) is 34.2. The summed E-state index contributed by atoms with van der Waals surface area (Å²) < 4.78 is 17.8. The molecule has 2 rings (SSSR count). The van der Waals surface area contributed by atoms with E-state index >= 15 is 0 Å². The number of ether oxygens (including phenoxy) is 1. The van der Waals surface area contributed by atoms with E-state index < -0.39 is 10.8 Å². The lowest BCUT2D eigenvalue weighted by Gasteiger charge is -2.41. The summed E-state index contributed by atoms with van der Waals surface area (Å²) in [6, 6.07) is 0.174. The van der Waals surface area contributed by atoms with Crippen LogP contribution >= 0.6 is 0 Å². The molecule has 2 fully saturated rings. The average molecular weight is 330 g/mol. The molecule has 6 heteroatoms. The van der Waals surface area contributed by atoms with Crippen LogP contribution in [0.3, 0.4) is 0 Å². The topological polar surface area (TPSA) is 58.6 Å². The molecule has 2 aliphatic rings. The van der Waals surface area contributed by atoms with Gasteiger partial charge in [0.25, 0.3) is 0 Å². The molecular formula is C16H30N2O3S. The molecule has 0 aromatic carbocycles. The number of hydrogen-bond donors (Lipinski definition) is 1. The molecule has 22 heavy (non-hydrogen) atoms. The highest BCUT2D eigenvalue weighted by molar-refractivity contribution is 7.85. The highest BCUT2D eigenvalue weighted by atomic mass is 32.2. The van der Waals surface area contributed by atoms with Gasteiger partial charge in [-0.25, -0.2) is 4.79 Å². The fourth-order valence-electron chi connectivity index (χ4n) is 3.33. The van der Waals surface area contributed by atoms with Crippen molar-refractivity contribution in [3.8, 4) is 0 Å². The first-order chi connectivity index (χ1) is 10.5. The Morgan fingerprint density at radius 2 is 2.18 bits per heavy atom. The Hall–Kier alpha value is -0.620. The third-order valence-electron chi connectivity index (χ3n) is 4.98. The monoisotopic (exact) mass is 330 g/mol. The third-order valence-corrected chi connectivity index (χ3v) is 6.72. The highest BCUT2D eigenvalue weighted by Gasteiger charge is 2.34. The molecule has 0 bridgehead atoms. The lowest BCUT2D eigenvalue weighted by Crippen LogP contribution is -2.56. The van der Waals surface area contributed by atoms with Crippen molar-refractivity contribution in [2.24, 2.45) is 0 Å². The van der Waals surface area contributed by atoms with E-state index in [2.05, 4.69) is 19.2 Å². The minimum atomic E-state index is -0.752. The molecule has 0 radical (unpaired) electrons. The molecule has 0 unspecified atom stereocenters. The van der Waals surface area contributed by atoms with Crippen LogP contribution in [0.4, 0.5) is 4.79 Å². The van der Waals surface area contributed by atoms with Crippen LogP contribution in [0.15, 0.2) is 0 Å². The maximum absolute atomic E-state index is 12.5. The zero-order valence-electron chi connectivity index (χ0n) is 14.1. The molecule has 2 amide bonds. The van der Waals surface area contributed by atoms with Gasteiger partial charge in [-0.3, -0.25) is 4.21 Å². The summed E-state index contributed by atoms with van der Waals surface area (Å²) in [5.41, 5.74) is -0.228. The molecule has 1 aliphatic carbocycles. The van der Waals surface area contributed by atoms with Crippen LogP contribution < -0.4 is 5.32 Å². The lowest BCUT2D eigenvalue weighted by atomic mass is 9.95. The van der Waals surface area contributed by atoms with E-state index in [1.165, 1.54) is 0 Å². The molecule has 0 aromatic heterocycles. The molecule has 0 spiro atoms. The summed E-state index contributed by atoms with van der Waals surface area (Å²) in [6.45, 7) is 8.02. The summed E-state index contributed by atoms with van der Waals surface area (Å²) in [5, 5.41) is 3.40. The molecule has 128 valence electrons. The highest BCUT2D eigenvalue weighted by Crippen LogP contribution is 2.24. The standard InChI is InChI=1S/C16H30N2O3S/c1-4-16(3)12-18(9-10-21-16)15(19)17-13-7-6-8-14(11-13)22(20)5-2/h13-14H,4-12H2,1-3H3,(H,17,19)/t13-,14-,16+,22+/m1/s1. The SMILES string of the molecule is CC[S@](=O)[C@@H]1CCC[C@@H](NC(=O)N2CCO[C@@](C)(CC)C2)C1. The Kier molecular flexibility index (Phi) is 6.26. The van der Waals surface area contributed by atoms with Crippen molar-refractivity contribution in [1.29, 1.82) is 0 Å². The molecule has 1 saturated carbocycles. The minimum absolute atomic E-state index is 0.0101. The number of carbonyl (C=O) groups is 1. The Balaban J connectivity index is 1.87. The Labute approximate surface area is 136 Å². The molecule has 1 saturated heterocycles. The van der Waals surface area contributed by atoms with E-state index in [9.17, 15) is 9.00 Å². The first kappa shape index (κ1) is 17.7. The van der Waals surface area contributed by atoms with Crippen LogP contribution in [0.5, 0.6) is 0 Å². The smallest absolute Gasteiger partial charge is 0.317 e. The predicted molar refractivity (Wildman–Crippen MR) is 89.5 cm³/mol. The van der Waals surface area contributed by atoms with Crippen LogP contribution in [0.2, 0.25) is 0 Å². The van der Waals surface area contributed by atoms with Gasteiger partial charge in [0, 0.05) is 34.4 Å². The van der Waals surface area contributed by atoms with E-state index in [1.807, 2.05) is 11.8 Å². The average Bonchev–Trinajstić information content (AvgIpc) is 2.54. The van der Waals surface area contributed by atoms with Gasteiger partial charge in [0.15, 0.2) is 0 Å². The van der Waals surface area contributed by atoms with Crippen molar-refractivity contribution in [2.45, 2.75) is 69.8 Å². The zero-order valence-corrected chi connectivity index (χ0v) is 14.9. The van der Waals surface area contributed by atoms with Gasteiger partial charge in [0.2, 0.25) is 0 Å². The minimum Gasteiger partial charge on any atom is -0.372 e. The Morgan fingerprint density at radius 3 is 2.86 bits per heavy atom. The summed E-state index contributed by atoms with van der Waals surface area (Å²) in [5.74, 6) is 0.712.